The van der Waals surface area contributed by atoms with Crippen molar-refractivity contribution in [2.45, 2.75) is 37.3 Å². The fraction of sp³-hybridized carbons (Fsp3) is 1.00. The van der Waals surface area contributed by atoms with E-state index in [1.165, 1.54) is 12.8 Å². The number of ether oxygens (including phenoxy) is 1. The molecule has 0 spiro atoms. The van der Waals surface area contributed by atoms with Gasteiger partial charge in [-0.25, -0.2) is 0 Å². The number of nitrogens with two attached hydrogens (primary N) is 1. The zero-order valence-corrected chi connectivity index (χ0v) is 8.46. The number of hydrogen-bond donors (Lipinski definition) is 1. The number of nitrogens with zero attached hydrogens (tertiary/aromatic N) is 1. The molecule has 0 radical (unpaired) electrons. The van der Waals surface area contributed by atoms with Crippen LogP contribution < -0.4 is 5.73 Å². The third-order valence-corrected chi connectivity index (χ3v) is 3.65. The highest BCUT2D eigenvalue weighted by Gasteiger charge is 2.41. The number of hydrogen-bond acceptors (Lipinski definition) is 3. The van der Waals surface area contributed by atoms with E-state index in [-0.39, 0.29) is 5.54 Å². The van der Waals surface area contributed by atoms with E-state index in [9.17, 15) is 0 Å². The maximum Gasteiger partial charge on any atom is 0.0484 e. The van der Waals surface area contributed by atoms with Crippen LogP contribution in [0.4, 0.5) is 0 Å². The van der Waals surface area contributed by atoms with Gasteiger partial charge in [0.05, 0.1) is 0 Å². The lowest BCUT2D eigenvalue weighted by Crippen LogP contribution is -2.56. The Balaban J connectivity index is 2.02. The van der Waals surface area contributed by atoms with E-state index in [4.69, 9.17) is 10.5 Å². The van der Waals surface area contributed by atoms with Crippen molar-refractivity contribution < 1.29 is 4.74 Å². The molecular formula is C10H20N2O. The second-order valence-electron chi connectivity index (χ2n) is 4.38. The van der Waals surface area contributed by atoms with Crippen LogP contribution >= 0.6 is 0 Å². The van der Waals surface area contributed by atoms with Gasteiger partial charge in [0.2, 0.25) is 0 Å². The van der Waals surface area contributed by atoms with Crippen molar-refractivity contribution >= 4 is 0 Å². The normalized spacial score (nSPS) is 27.9. The second-order valence-corrected chi connectivity index (χ2v) is 4.38. The van der Waals surface area contributed by atoms with Gasteiger partial charge in [-0.05, 0) is 32.7 Å². The third-order valence-electron chi connectivity index (χ3n) is 3.65. The quantitative estimate of drug-likeness (QED) is 0.697. The summed E-state index contributed by atoms with van der Waals surface area (Å²) in [5.41, 5.74) is 6.16. The van der Waals surface area contributed by atoms with Gasteiger partial charge in [-0.3, -0.25) is 4.90 Å². The molecule has 1 saturated heterocycles. The molecule has 1 aliphatic heterocycles. The molecule has 76 valence electrons. The summed E-state index contributed by atoms with van der Waals surface area (Å²) >= 11 is 0. The molecule has 0 aromatic carbocycles. The van der Waals surface area contributed by atoms with Crippen LogP contribution in [-0.2, 0) is 4.74 Å². The van der Waals surface area contributed by atoms with E-state index in [2.05, 4.69) is 11.9 Å². The zero-order valence-electron chi connectivity index (χ0n) is 8.46. The van der Waals surface area contributed by atoms with Gasteiger partial charge in [0.1, 0.15) is 0 Å². The Labute approximate surface area is 80.2 Å². The summed E-state index contributed by atoms with van der Waals surface area (Å²) in [6, 6.07) is 0.807. The molecule has 0 atom stereocenters. The Hall–Kier alpha value is -0.120. The highest BCUT2D eigenvalue weighted by molar-refractivity contribution is 4.98. The van der Waals surface area contributed by atoms with Crippen LogP contribution in [0.15, 0.2) is 0 Å². The van der Waals surface area contributed by atoms with Crippen LogP contribution in [0.1, 0.15) is 25.7 Å². The first-order chi connectivity index (χ1) is 6.28. The monoisotopic (exact) mass is 184 g/mol. The summed E-state index contributed by atoms with van der Waals surface area (Å²) in [6.07, 6.45) is 4.94. The lowest BCUT2D eigenvalue weighted by Gasteiger charge is -2.44. The number of likely N-dealkylation sites (N-methyl/N-ethyl adjacent to an activating group) is 1. The molecule has 1 aliphatic carbocycles. The summed E-state index contributed by atoms with van der Waals surface area (Å²) in [6.45, 7) is 2.55. The molecule has 3 heteroatoms. The van der Waals surface area contributed by atoms with E-state index >= 15 is 0 Å². The van der Waals surface area contributed by atoms with Crippen LogP contribution in [0.2, 0.25) is 0 Å². The lowest BCUT2D eigenvalue weighted by molar-refractivity contribution is -0.0164. The van der Waals surface area contributed by atoms with Crippen LogP contribution in [0.25, 0.3) is 0 Å². The first kappa shape index (κ1) is 9.44. The average Bonchev–Trinajstić information content (AvgIpc) is 3.01. The Kier molecular flexibility index (Phi) is 2.58. The highest BCUT2D eigenvalue weighted by Crippen LogP contribution is 2.35. The molecule has 2 N–H and O–H groups in total. The summed E-state index contributed by atoms with van der Waals surface area (Å²) in [4.78, 5) is 2.51. The topological polar surface area (TPSA) is 38.5 Å². The number of rotatable bonds is 3. The van der Waals surface area contributed by atoms with E-state index in [0.29, 0.717) is 0 Å². The Bertz CT molecular complexity index is 174. The Morgan fingerprint density at radius 3 is 2.46 bits per heavy atom. The summed E-state index contributed by atoms with van der Waals surface area (Å²) in [5, 5.41) is 0. The van der Waals surface area contributed by atoms with Crippen molar-refractivity contribution in [2.75, 3.05) is 26.8 Å². The molecule has 2 aliphatic rings. The fourth-order valence-corrected chi connectivity index (χ4v) is 2.30. The first-order valence-corrected chi connectivity index (χ1v) is 5.29. The standard InChI is InChI=1S/C10H20N2O/c1-12(9-2-3-9)10(8-11)4-6-13-7-5-10/h9H,2-8,11H2,1H3. The minimum Gasteiger partial charge on any atom is -0.381 e. The molecule has 13 heavy (non-hydrogen) atoms. The van der Waals surface area contributed by atoms with Crippen molar-refractivity contribution in [3.05, 3.63) is 0 Å². The van der Waals surface area contributed by atoms with Crippen LogP contribution in [-0.4, -0.2) is 43.3 Å². The maximum atomic E-state index is 5.91. The minimum absolute atomic E-state index is 0.249. The highest BCUT2D eigenvalue weighted by atomic mass is 16.5. The molecular weight excluding hydrogens is 164 g/mol. The van der Waals surface area contributed by atoms with E-state index in [1.807, 2.05) is 0 Å². The van der Waals surface area contributed by atoms with Crippen molar-refractivity contribution in [1.82, 2.24) is 4.90 Å². The zero-order chi connectivity index (χ0) is 9.31. The first-order valence-electron chi connectivity index (χ1n) is 5.29. The van der Waals surface area contributed by atoms with Gasteiger partial charge in [0.15, 0.2) is 0 Å². The van der Waals surface area contributed by atoms with Crippen LogP contribution in [0.5, 0.6) is 0 Å². The molecule has 0 aromatic heterocycles. The van der Waals surface area contributed by atoms with Gasteiger partial charge in [0, 0.05) is 31.3 Å². The molecule has 0 unspecified atom stereocenters. The van der Waals surface area contributed by atoms with E-state index < -0.39 is 0 Å². The van der Waals surface area contributed by atoms with Gasteiger partial charge in [-0.15, -0.1) is 0 Å². The van der Waals surface area contributed by atoms with Crippen LogP contribution in [0.3, 0.4) is 0 Å². The van der Waals surface area contributed by atoms with Gasteiger partial charge in [0.25, 0.3) is 0 Å². The summed E-state index contributed by atoms with van der Waals surface area (Å²) in [5.74, 6) is 0. The molecule has 1 saturated carbocycles. The van der Waals surface area contributed by atoms with Gasteiger partial charge in [-0.1, -0.05) is 0 Å². The lowest BCUT2D eigenvalue weighted by atomic mass is 9.88. The molecule has 1 heterocycles. The fourth-order valence-electron chi connectivity index (χ4n) is 2.30. The Morgan fingerprint density at radius 2 is 2.00 bits per heavy atom. The summed E-state index contributed by atoms with van der Waals surface area (Å²) < 4.78 is 5.39. The predicted molar refractivity (Wildman–Crippen MR) is 52.6 cm³/mol. The molecule has 0 bridgehead atoms. The molecule has 3 nitrogen and oxygen atoms in total. The average molecular weight is 184 g/mol. The van der Waals surface area contributed by atoms with Crippen molar-refractivity contribution in [2.24, 2.45) is 5.73 Å². The predicted octanol–water partition coefficient (Wildman–Crippen LogP) is 0.588. The SMILES string of the molecule is CN(C1CC1)C1(CN)CCOCC1. The Morgan fingerprint density at radius 1 is 1.38 bits per heavy atom. The summed E-state index contributed by atoms with van der Waals surface area (Å²) in [7, 11) is 2.23. The largest absolute Gasteiger partial charge is 0.381 e. The van der Waals surface area contributed by atoms with Gasteiger partial charge >= 0.3 is 0 Å². The van der Waals surface area contributed by atoms with Gasteiger partial charge < -0.3 is 10.5 Å². The molecule has 2 rings (SSSR count). The molecule has 0 amide bonds. The molecule has 2 fully saturated rings. The van der Waals surface area contributed by atoms with Crippen molar-refractivity contribution in [3.63, 3.8) is 0 Å². The third kappa shape index (κ3) is 1.73. The second kappa shape index (κ2) is 3.56. The van der Waals surface area contributed by atoms with E-state index in [0.717, 1.165) is 38.6 Å². The van der Waals surface area contributed by atoms with Crippen molar-refractivity contribution in [3.8, 4) is 0 Å². The van der Waals surface area contributed by atoms with Crippen molar-refractivity contribution in [1.29, 1.82) is 0 Å². The minimum atomic E-state index is 0.249. The van der Waals surface area contributed by atoms with E-state index in [1.54, 1.807) is 0 Å². The maximum absolute atomic E-state index is 5.91. The molecule has 0 aromatic rings. The van der Waals surface area contributed by atoms with Gasteiger partial charge in [-0.2, -0.15) is 0 Å². The smallest absolute Gasteiger partial charge is 0.0484 e. The van der Waals surface area contributed by atoms with Crippen LogP contribution in [0, 0.1) is 0 Å².